The molecule has 0 saturated carbocycles. The third-order valence-corrected chi connectivity index (χ3v) is 5.71. The predicted octanol–water partition coefficient (Wildman–Crippen LogP) is 1.79. The van der Waals surface area contributed by atoms with Crippen LogP contribution >= 0.6 is 0 Å². The van der Waals surface area contributed by atoms with Gasteiger partial charge in [0, 0.05) is 19.0 Å². The molecule has 0 radical (unpaired) electrons. The zero-order valence-electron chi connectivity index (χ0n) is 14.2. The summed E-state index contributed by atoms with van der Waals surface area (Å²) in [4.78, 5) is 4.46. The molecule has 136 valence electrons. The first-order valence-corrected chi connectivity index (χ1v) is 9.54. The molecule has 0 spiro atoms. The van der Waals surface area contributed by atoms with Crippen LogP contribution in [0.1, 0.15) is 31.5 Å². The van der Waals surface area contributed by atoms with Gasteiger partial charge in [0.05, 0.1) is 18.1 Å². The number of hydrogen-bond donors (Lipinski definition) is 0. The minimum atomic E-state index is -3.50. The number of morpholine rings is 1. The minimum Gasteiger partial charge on any atom is -0.484 e. The first-order chi connectivity index (χ1) is 12.0. The lowest BCUT2D eigenvalue weighted by molar-refractivity contribution is 0.0730. The molecule has 0 N–H and O–H groups in total. The number of nitrogens with zero attached hydrogens (tertiary/aromatic N) is 3. The lowest BCUT2D eigenvalue weighted by atomic mass is 10.2. The fraction of sp³-hybridized carbons (Fsp3) is 0.500. The Kier molecular flexibility index (Phi) is 5.36. The molecule has 8 nitrogen and oxygen atoms in total. The van der Waals surface area contributed by atoms with E-state index in [1.807, 2.05) is 13.8 Å². The average molecular weight is 367 g/mol. The zero-order chi connectivity index (χ0) is 17.9. The summed E-state index contributed by atoms with van der Waals surface area (Å²) in [6.07, 6.45) is 0. The van der Waals surface area contributed by atoms with Gasteiger partial charge in [-0.15, -0.1) is 0 Å². The summed E-state index contributed by atoms with van der Waals surface area (Å²) >= 11 is 0. The Labute approximate surface area is 146 Å². The van der Waals surface area contributed by atoms with Gasteiger partial charge in [0.15, 0.2) is 12.4 Å². The molecule has 2 aromatic rings. The van der Waals surface area contributed by atoms with Crippen molar-refractivity contribution in [3.05, 3.63) is 36.0 Å². The summed E-state index contributed by atoms with van der Waals surface area (Å²) in [5.74, 6) is 1.73. The van der Waals surface area contributed by atoms with Gasteiger partial charge in [0.2, 0.25) is 10.0 Å². The zero-order valence-corrected chi connectivity index (χ0v) is 15.0. The molecule has 0 bridgehead atoms. The van der Waals surface area contributed by atoms with Crippen molar-refractivity contribution in [2.45, 2.75) is 31.3 Å². The van der Waals surface area contributed by atoms with Crippen molar-refractivity contribution >= 4 is 10.0 Å². The molecular formula is C16H21N3O5S. The standard InChI is InChI=1S/C16H21N3O5S/c1-12(2)16-17-15(24-18-16)11-23-13-3-5-14(6-4-13)25(20,21)19-7-9-22-10-8-19/h3-6,12H,7-11H2,1-2H3. The van der Waals surface area contributed by atoms with Gasteiger partial charge in [-0.3, -0.25) is 0 Å². The normalized spacial score (nSPS) is 16.3. The van der Waals surface area contributed by atoms with Gasteiger partial charge in [-0.1, -0.05) is 19.0 Å². The molecule has 1 aliphatic rings. The molecule has 2 heterocycles. The summed E-state index contributed by atoms with van der Waals surface area (Å²) in [5, 5.41) is 3.86. The van der Waals surface area contributed by atoms with Crippen LogP contribution in [-0.2, 0) is 21.4 Å². The van der Waals surface area contributed by atoms with Crippen LogP contribution in [0.3, 0.4) is 0 Å². The molecule has 0 unspecified atom stereocenters. The highest BCUT2D eigenvalue weighted by molar-refractivity contribution is 7.89. The maximum atomic E-state index is 12.5. The molecule has 1 aromatic carbocycles. The Morgan fingerprint density at radius 3 is 2.48 bits per heavy atom. The van der Waals surface area contributed by atoms with Crippen molar-refractivity contribution in [1.29, 1.82) is 0 Å². The summed E-state index contributed by atoms with van der Waals surface area (Å²) < 4.78 is 42.4. The van der Waals surface area contributed by atoms with Crippen molar-refractivity contribution in [1.82, 2.24) is 14.4 Å². The maximum absolute atomic E-state index is 12.5. The Bertz CT molecular complexity index is 795. The lowest BCUT2D eigenvalue weighted by Gasteiger charge is -2.26. The summed E-state index contributed by atoms with van der Waals surface area (Å²) in [7, 11) is -3.50. The average Bonchev–Trinajstić information content (AvgIpc) is 3.10. The minimum absolute atomic E-state index is 0.134. The highest BCUT2D eigenvalue weighted by atomic mass is 32.2. The fourth-order valence-corrected chi connectivity index (χ4v) is 3.76. The second-order valence-corrected chi connectivity index (χ2v) is 7.92. The Balaban J connectivity index is 1.63. The highest BCUT2D eigenvalue weighted by Gasteiger charge is 2.26. The number of ether oxygens (including phenoxy) is 2. The highest BCUT2D eigenvalue weighted by Crippen LogP contribution is 2.21. The van der Waals surface area contributed by atoms with Crippen molar-refractivity contribution < 1.29 is 22.4 Å². The third kappa shape index (κ3) is 4.17. The molecule has 0 aliphatic carbocycles. The van der Waals surface area contributed by atoms with E-state index in [-0.39, 0.29) is 17.4 Å². The van der Waals surface area contributed by atoms with E-state index in [1.165, 1.54) is 16.4 Å². The van der Waals surface area contributed by atoms with Gasteiger partial charge in [-0.05, 0) is 24.3 Å². The quantitative estimate of drug-likeness (QED) is 0.768. The van der Waals surface area contributed by atoms with Crippen LogP contribution in [0.5, 0.6) is 5.75 Å². The largest absolute Gasteiger partial charge is 0.484 e. The molecule has 25 heavy (non-hydrogen) atoms. The van der Waals surface area contributed by atoms with E-state index in [1.54, 1.807) is 12.1 Å². The molecule has 1 fully saturated rings. The third-order valence-electron chi connectivity index (χ3n) is 3.79. The van der Waals surface area contributed by atoms with Crippen LogP contribution in [0, 0.1) is 0 Å². The SMILES string of the molecule is CC(C)c1noc(COc2ccc(S(=O)(=O)N3CCOCC3)cc2)n1. The molecule has 3 rings (SSSR count). The lowest BCUT2D eigenvalue weighted by Crippen LogP contribution is -2.40. The number of sulfonamides is 1. The second-order valence-electron chi connectivity index (χ2n) is 5.98. The van der Waals surface area contributed by atoms with Gasteiger partial charge in [0.25, 0.3) is 5.89 Å². The molecular weight excluding hydrogens is 346 g/mol. The summed E-state index contributed by atoms with van der Waals surface area (Å²) in [6, 6.07) is 6.31. The topological polar surface area (TPSA) is 94.8 Å². The van der Waals surface area contributed by atoms with E-state index in [9.17, 15) is 8.42 Å². The van der Waals surface area contributed by atoms with Gasteiger partial charge >= 0.3 is 0 Å². The van der Waals surface area contributed by atoms with Crippen LogP contribution in [-0.4, -0.2) is 49.2 Å². The Morgan fingerprint density at radius 2 is 1.88 bits per heavy atom. The van der Waals surface area contributed by atoms with E-state index in [2.05, 4.69) is 10.1 Å². The second kappa shape index (κ2) is 7.51. The van der Waals surface area contributed by atoms with Crippen molar-refractivity contribution in [3.63, 3.8) is 0 Å². The molecule has 0 amide bonds. The molecule has 1 saturated heterocycles. The number of hydrogen-bond acceptors (Lipinski definition) is 7. The van der Waals surface area contributed by atoms with Gasteiger partial charge in [0.1, 0.15) is 5.75 Å². The Morgan fingerprint density at radius 1 is 1.20 bits per heavy atom. The maximum Gasteiger partial charge on any atom is 0.264 e. The molecule has 1 aromatic heterocycles. The van der Waals surface area contributed by atoms with Gasteiger partial charge < -0.3 is 14.0 Å². The number of benzene rings is 1. The number of aromatic nitrogens is 2. The molecule has 1 aliphatic heterocycles. The molecule has 9 heteroatoms. The van der Waals surface area contributed by atoms with E-state index < -0.39 is 10.0 Å². The number of rotatable bonds is 6. The summed E-state index contributed by atoms with van der Waals surface area (Å²) in [6.45, 7) is 5.67. The Hall–Kier alpha value is -1.97. The van der Waals surface area contributed by atoms with Crippen molar-refractivity contribution in [3.8, 4) is 5.75 Å². The van der Waals surface area contributed by atoms with Crippen LogP contribution in [0.15, 0.2) is 33.7 Å². The first-order valence-electron chi connectivity index (χ1n) is 8.10. The van der Waals surface area contributed by atoms with Crippen LogP contribution in [0.2, 0.25) is 0 Å². The van der Waals surface area contributed by atoms with Crippen LogP contribution in [0.25, 0.3) is 0 Å². The van der Waals surface area contributed by atoms with Gasteiger partial charge in [-0.25, -0.2) is 8.42 Å². The van der Waals surface area contributed by atoms with E-state index >= 15 is 0 Å². The van der Waals surface area contributed by atoms with Crippen molar-refractivity contribution in [2.75, 3.05) is 26.3 Å². The smallest absolute Gasteiger partial charge is 0.264 e. The predicted molar refractivity (Wildman–Crippen MR) is 88.7 cm³/mol. The monoisotopic (exact) mass is 367 g/mol. The summed E-state index contributed by atoms with van der Waals surface area (Å²) in [5.41, 5.74) is 0. The van der Waals surface area contributed by atoms with Crippen molar-refractivity contribution in [2.24, 2.45) is 0 Å². The van der Waals surface area contributed by atoms with E-state index in [4.69, 9.17) is 14.0 Å². The van der Waals surface area contributed by atoms with Gasteiger partial charge in [-0.2, -0.15) is 9.29 Å². The van der Waals surface area contributed by atoms with Crippen LogP contribution in [0.4, 0.5) is 0 Å². The van der Waals surface area contributed by atoms with E-state index in [0.717, 1.165) is 0 Å². The molecule has 0 atom stereocenters. The van der Waals surface area contributed by atoms with Crippen LogP contribution < -0.4 is 4.74 Å². The van der Waals surface area contributed by atoms with E-state index in [0.29, 0.717) is 43.8 Å². The first kappa shape index (κ1) is 17.8. The fourth-order valence-electron chi connectivity index (χ4n) is 2.35.